The van der Waals surface area contributed by atoms with Crippen molar-refractivity contribution in [3.05, 3.63) is 30.1 Å². The van der Waals surface area contributed by atoms with Crippen molar-refractivity contribution in [1.82, 2.24) is 14.2 Å². The molecule has 6 nitrogen and oxygen atoms in total. The minimum atomic E-state index is -3.20. The highest BCUT2D eigenvalue weighted by molar-refractivity contribution is 7.90. The number of amides is 1. The third-order valence-corrected chi connectivity index (χ3v) is 7.92. The second kappa shape index (κ2) is 5.81. The van der Waals surface area contributed by atoms with E-state index >= 15 is 0 Å². The van der Waals surface area contributed by atoms with Gasteiger partial charge in [-0.15, -0.1) is 0 Å². The molecule has 1 atom stereocenters. The molecule has 130 valence electrons. The molecule has 1 aliphatic carbocycles. The first kappa shape index (κ1) is 16.0. The summed E-state index contributed by atoms with van der Waals surface area (Å²) >= 11 is 0. The summed E-state index contributed by atoms with van der Waals surface area (Å²) in [5.41, 5.74) is 0.557. The summed E-state index contributed by atoms with van der Waals surface area (Å²) in [5.74, 6) is 0.120. The number of likely N-dealkylation sites (tertiary alicyclic amines) is 1. The highest BCUT2D eigenvalue weighted by atomic mass is 32.2. The van der Waals surface area contributed by atoms with Gasteiger partial charge in [-0.1, -0.05) is 0 Å². The largest absolute Gasteiger partial charge is 0.338 e. The summed E-state index contributed by atoms with van der Waals surface area (Å²) in [6, 6.07) is 3.84. The van der Waals surface area contributed by atoms with Crippen LogP contribution in [0.2, 0.25) is 0 Å². The van der Waals surface area contributed by atoms with Crippen molar-refractivity contribution < 1.29 is 13.2 Å². The van der Waals surface area contributed by atoms with Crippen LogP contribution in [0.5, 0.6) is 0 Å². The van der Waals surface area contributed by atoms with E-state index in [0.717, 1.165) is 37.7 Å². The molecule has 0 radical (unpaired) electrons. The van der Waals surface area contributed by atoms with Crippen LogP contribution < -0.4 is 0 Å². The van der Waals surface area contributed by atoms with Crippen molar-refractivity contribution in [2.45, 2.75) is 43.9 Å². The van der Waals surface area contributed by atoms with E-state index in [9.17, 15) is 13.2 Å². The molecule has 1 aromatic rings. The van der Waals surface area contributed by atoms with Gasteiger partial charge in [0.2, 0.25) is 15.9 Å². The maximum absolute atomic E-state index is 13.0. The van der Waals surface area contributed by atoms with Crippen LogP contribution in [0.25, 0.3) is 0 Å². The summed E-state index contributed by atoms with van der Waals surface area (Å²) < 4.78 is 26.7. The van der Waals surface area contributed by atoms with Crippen LogP contribution in [0.4, 0.5) is 0 Å². The van der Waals surface area contributed by atoms with Crippen molar-refractivity contribution in [2.24, 2.45) is 5.41 Å². The molecule has 1 spiro atoms. The van der Waals surface area contributed by atoms with Gasteiger partial charge in [0.25, 0.3) is 0 Å². The lowest BCUT2D eigenvalue weighted by Gasteiger charge is -2.38. The molecule has 0 unspecified atom stereocenters. The minimum Gasteiger partial charge on any atom is -0.338 e. The molecule has 7 heteroatoms. The van der Waals surface area contributed by atoms with Crippen molar-refractivity contribution in [1.29, 1.82) is 0 Å². The number of aromatic nitrogens is 1. The van der Waals surface area contributed by atoms with Crippen molar-refractivity contribution in [3.8, 4) is 0 Å². The van der Waals surface area contributed by atoms with Gasteiger partial charge >= 0.3 is 0 Å². The molecule has 3 aliphatic rings. The number of rotatable bonds is 4. The number of pyridine rings is 1. The topological polar surface area (TPSA) is 70.6 Å². The van der Waals surface area contributed by atoms with Crippen LogP contribution in [0.1, 0.15) is 37.7 Å². The molecule has 1 aromatic heterocycles. The van der Waals surface area contributed by atoms with E-state index in [-0.39, 0.29) is 11.2 Å². The van der Waals surface area contributed by atoms with Gasteiger partial charge in [-0.05, 0) is 49.8 Å². The Morgan fingerprint density at radius 1 is 1.17 bits per heavy atom. The summed E-state index contributed by atoms with van der Waals surface area (Å²) in [6.07, 6.45) is 7.35. The molecule has 0 bridgehead atoms. The van der Waals surface area contributed by atoms with Crippen molar-refractivity contribution in [3.63, 3.8) is 0 Å². The molecule has 3 heterocycles. The SMILES string of the molecule is O=C1N(Cc2ccncc2)CC[C@]12CCCN(S(=O)(=O)C1CC1)C2. The van der Waals surface area contributed by atoms with E-state index < -0.39 is 15.4 Å². The first-order valence-corrected chi connectivity index (χ1v) is 10.2. The zero-order valence-corrected chi connectivity index (χ0v) is 14.5. The molecule has 24 heavy (non-hydrogen) atoms. The lowest BCUT2D eigenvalue weighted by atomic mass is 9.79. The van der Waals surface area contributed by atoms with Gasteiger partial charge in [-0.3, -0.25) is 9.78 Å². The summed E-state index contributed by atoms with van der Waals surface area (Å²) in [4.78, 5) is 18.9. The van der Waals surface area contributed by atoms with E-state index in [4.69, 9.17) is 0 Å². The zero-order valence-electron chi connectivity index (χ0n) is 13.7. The summed E-state index contributed by atoms with van der Waals surface area (Å²) in [7, 11) is -3.20. The number of sulfonamides is 1. The highest BCUT2D eigenvalue weighted by Crippen LogP contribution is 2.43. The van der Waals surface area contributed by atoms with Gasteiger partial charge in [0, 0.05) is 38.6 Å². The molecule has 2 aliphatic heterocycles. The van der Waals surface area contributed by atoms with E-state index in [1.54, 1.807) is 16.7 Å². The lowest BCUT2D eigenvalue weighted by molar-refractivity contribution is -0.138. The second-order valence-electron chi connectivity index (χ2n) is 7.29. The summed E-state index contributed by atoms with van der Waals surface area (Å²) in [5, 5.41) is -0.197. The van der Waals surface area contributed by atoms with E-state index in [2.05, 4.69) is 4.98 Å². The Kier molecular flexibility index (Phi) is 3.88. The molecule has 0 N–H and O–H groups in total. The Morgan fingerprint density at radius 3 is 2.62 bits per heavy atom. The maximum atomic E-state index is 13.0. The van der Waals surface area contributed by atoms with Crippen LogP contribution in [0.15, 0.2) is 24.5 Å². The Balaban J connectivity index is 1.50. The maximum Gasteiger partial charge on any atom is 0.230 e. The predicted molar refractivity (Wildman–Crippen MR) is 89.5 cm³/mol. The van der Waals surface area contributed by atoms with Gasteiger partial charge in [0.1, 0.15) is 0 Å². The Labute approximate surface area is 142 Å². The van der Waals surface area contributed by atoms with Crippen molar-refractivity contribution in [2.75, 3.05) is 19.6 Å². The van der Waals surface area contributed by atoms with Crippen LogP contribution >= 0.6 is 0 Å². The Hall–Kier alpha value is -1.47. The normalized spacial score (nSPS) is 28.7. The fraction of sp³-hybridized carbons (Fsp3) is 0.647. The first-order chi connectivity index (χ1) is 11.5. The average Bonchev–Trinajstić information content (AvgIpc) is 3.41. The first-order valence-electron chi connectivity index (χ1n) is 8.69. The minimum absolute atomic E-state index is 0.120. The number of hydrogen-bond donors (Lipinski definition) is 0. The predicted octanol–water partition coefficient (Wildman–Crippen LogP) is 1.39. The molecule has 1 amide bonds. The number of piperidine rings is 1. The van der Waals surface area contributed by atoms with Crippen LogP contribution in [0, 0.1) is 5.41 Å². The van der Waals surface area contributed by atoms with Gasteiger partial charge in [-0.25, -0.2) is 12.7 Å². The van der Waals surface area contributed by atoms with Crippen molar-refractivity contribution >= 4 is 15.9 Å². The molecular weight excluding hydrogens is 326 g/mol. The third-order valence-electron chi connectivity index (χ3n) is 5.57. The quantitative estimate of drug-likeness (QED) is 0.824. The third kappa shape index (κ3) is 2.73. The second-order valence-corrected chi connectivity index (χ2v) is 9.51. The molecule has 3 fully saturated rings. The number of hydrogen-bond acceptors (Lipinski definition) is 4. The van der Waals surface area contributed by atoms with Gasteiger partial charge < -0.3 is 4.90 Å². The van der Waals surface area contributed by atoms with Gasteiger partial charge in [0.05, 0.1) is 10.7 Å². The van der Waals surface area contributed by atoms with E-state index in [0.29, 0.717) is 26.2 Å². The molecule has 2 saturated heterocycles. The Morgan fingerprint density at radius 2 is 1.92 bits per heavy atom. The standard InChI is InChI=1S/C17H23N3O3S/c21-16-17(7-11-19(16)12-14-4-8-18-9-5-14)6-1-10-20(13-17)24(22,23)15-2-3-15/h4-5,8-9,15H,1-3,6-7,10-13H2/t17-/m0/s1. The molecule has 1 saturated carbocycles. The fourth-order valence-corrected chi connectivity index (χ4v) is 5.98. The van der Waals surface area contributed by atoms with E-state index in [1.165, 1.54) is 0 Å². The van der Waals surface area contributed by atoms with Gasteiger partial charge in [-0.2, -0.15) is 0 Å². The fourth-order valence-electron chi connectivity index (χ4n) is 4.01. The number of carbonyl (C=O) groups is 1. The number of nitrogens with zero attached hydrogens (tertiary/aromatic N) is 3. The smallest absolute Gasteiger partial charge is 0.230 e. The summed E-state index contributed by atoms with van der Waals surface area (Å²) in [6.45, 7) is 2.23. The van der Waals surface area contributed by atoms with Crippen LogP contribution in [0.3, 0.4) is 0 Å². The van der Waals surface area contributed by atoms with E-state index in [1.807, 2.05) is 17.0 Å². The Bertz CT molecular complexity index is 733. The molecular formula is C17H23N3O3S. The van der Waals surface area contributed by atoms with Crippen LogP contribution in [-0.2, 0) is 21.4 Å². The highest BCUT2D eigenvalue weighted by Gasteiger charge is 2.52. The number of carbonyl (C=O) groups excluding carboxylic acids is 1. The molecule has 0 aromatic carbocycles. The van der Waals surface area contributed by atoms with Crippen LogP contribution in [-0.4, -0.2) is 53.4 Å². The van der Waals surface area contributed by atoms with Gasteiger partial charge in [0.15, 0.2) is 0 Å². The average molecular weight is 349 g/mol. The zero-order chi connectivity index (χ0) is 16.8. The lowest BCUT2D eigenvalue weighted by Crippen LogP contribution is -2.50. The monoisotopic (exact) mass is 349 g/mol. The molecule has 4 rings (SSSR count).